The third-order valence-electron chi connectivity index (χ3n) is 3.28. The van der Waals surface area contributed by atoms with E-state index in [1.165, 1.54) is 5.56 Å². The van der Waals surface area contributed by atoms with Crippen LogP contribution in [0.25, 0.3) is 5.70 Å². The molecular weight excluding hydrogens is 328 g/mol. The van der Waals surface area contributed by atoms with Gasteiger partial charge in [-0.25, -0.2) is 0 Å². The van der Waals surface area contributed by atoms with E-state index >= 15 is 0 Å². The van der Waals surface area contributed by atoms with Gasteiger partial charge in [-0.3, -0.25) is 0 Å². The average molecular weight is 344 g/mol. The van der Waals surface area contributed by atoms with Gasteiger partial charge < -0.3 is 22.1 Å². The molecule has 3 nitrogen and oxygen atoms in total. The van der Waals surface area contributed by atoms with Crippen LogP contribution in [0.15, 0.2) is 60.8 Å². The van der Waals surface area contributed by atoms with Crippen molar-refractivity contribution < 1.29 is 22.1 Å². The normalized spacial score (nSPS) is 13.5. The molecule has 0 aliphatic carbocycles. The van der Waals surface area contributed by atoms with Crippen LogP contribution in [0.5, 0.6) is 5.75 Å². The molecule has 0 amide bonds. The summed E-state index contributed by atoms with van der Waals surface area (Å²) in [6.45, 7) is 4.08. The number of halogens is 1. The van der Waals surface area contributed by atoms with Crippen LogP contribution in [0.2, 0.25) is 0 Å². The number of hydrogen-bond acceptors (Lipinski definition) is 3. The van der Waals surface area contributed by atoms with Crippen LogP contribution < -0.4 is 17.0 Å². The lowest BCUT2D eigenvalue weighted by atomic mass is 10.1. The second-order valence-electron chi connectivity index (χ2n) is 4.83. The van der Waals surface area contributed by atoms with Gasteiger partial charge in [0.25, 0.3) is 0 Å². The number of rotatable bonds is 3. The number of aromatic hydroxyl groups is 1. The highest BCUT2D eigenvalue weighted by molar-refractivity contribution is 5.66. The highest BCUT2D eigenvalue weighted by Crippen LogP contribution is 2.28. The Morgan fingerprint density at radius 1 is 1.00 bits per heavy atom. The number of benzene rings is 2. The Labute approximate surface area is 135 Å². The van der Waals surface area contributed by atoms with Crippen LogP contribution in [-0.2, 0) is 6.54 Å². The van der Waals surface area contributed by atoms with Crippen LogP contribution >= 0.6 is 0 Å². The molecule has 2 aromatic carbocycles. The topological polar surface area (TPSA) is 26.7 Å². The maximum Gasteiger partial charge on any atom is 0.565 e. The van der Waals surface area contributed by atoms with Gasteiger partial charge in [-0.15, -0.1) is 9.80 Å². The predicted molar refractivity (Wildman–Crippen MR) is 79.1 cm³/mol. The maximum atomic E-state index is 9.35. The predicted octanol–water partition coefficient (Wildman–Crippen LogP) is 0.138. The molecule has 0 aromatic heterocycles. The average Bonchev–Trinajstić information content (AvgIpc) is 2.81. The molecule has 107 valence electrons. The van der Waals surface area contributed by atoms with E-state index in [4.69, 9.17) is 0 Å². The molecular formula is C17H16BrN2O. The van der Waals surface area contributed by atoms with Crippen molar-refractivity contribution in [3.05, 3.63) is 78.6 Å². The van der Waals surface area contributed by atoms with Gasteiger partial charge in [0.1, 0.15) is 11.4 Å². The van der Waals surface area contributed by atoms with E-state index in [2.05, 4.69) is 25.0 Å². The summed E-state index contributed by atoms with van der Waals surface area (Å²) >= 11 is 0. The molecule has 1 aliphatic rings. The van der Waals surface area contributed by atoms with Gasteiger partial charge >= 0.3 is 6.67 Å². The number of hydrogen-bond donors (Lipinski definition) is 1. The first-order valence-corrected chi connectivity index (χ1v) is 6.54. The summed E-state index contributed by atoms with van der Waals surface area (Å²) in [7, 11) is 1.98. The minimum absolute atomic E-state index is 0. The smallest absolute Gasteiger partial charge is 0.565 e. The molecule has 0 spiro atoms. The van der Waals surface area contributed by atoms with Crippen molar-refractivity contribution in [3.63, 3.8) is 0 Å². The maximum absolute atomic E-state index is 9.35. The summed E-state index contributed by atoms with van der Waals surface area (Å²) in [6, 6.07) is 17.5. The van der Waals surface area contributed by atoms with Crippen LogP contribution in [0.1, 0.15) is 11.1 Å². The zero-order valence-electron chi connectivity index (χ0n) is 11.7. The first kappa shape index (κ1) is 15.3. The Morgan fingerprint density at radius 2 is 1.67 bits per heavy atom. The van der Waals surface area contributed by atoms with Crippen molar-refractivity contribution in [2.45, 2.75) is 6.54 Å². The van der Waals surface area contributed by atoms with E-state index in [-0.39, 0.29) is 22.7 Å². The zero-order valence-corrected chi connectivity index (χ0v) is 13.3. The molecule has 0 fully saturated rings. The molecule has 2 aromatic rings. The lowest BCUT2D eigenvalue weighted by Crippen LogP contribution is -3.00. The molecule has 1 N–H and O–H groups in total. The SMILES string of the molecule is CN1[C+]N(Cc2ccccc2)C=C1c1ccc(O)cc1.[Br-]. The highest BCUT2D eigenvalue weighted by Gasteiger charge is 2.35. The van der Waals surface area contributed by atoms with Crippen LogP contribution in [0.3, 0.4) is 0 Å². The van der Waals surface area contributed by atoms with Crippen molar-refractivity contribution >= 4 is 5.70 Å². The van der Waals surface area contributed by atoms with Crippen LogP contribution in [0, 0.1) is 6.67 Å². The fourth-order valence-corrected chi connectivity index (χ4v) is 2.27. The van der Waals surface area contributed by atoms with E-state index in [0.717, 1.165) is 17.8 Å². The summed E-state index contributed by atoms with van der Waals surface area (Å²) in [4.78, 5) is 4.01. The molecule has 1 aliphatic heterocycles. The third kappa shape index (κ3) is 3.52. The van der Waals surface area contributed by atoms with E-state index < -0.39 is 0 Å². The number of phenols is 1. The van der Waals surface area contributed by atoms with E-state index in [1.54, 1.807) is 12.1 Å². The lowest BCUT2D eigenvalue weighted by Gasteiger charge is -2.03. The van der Waals surface area contributed by atoms with Gasteiger partial charge in [-0.2, -0.15) is 0 Å². The molecule has 1 radical (unpaired) electrons. The van der Waals surface area contributed by atoms with Gasteiger partial charge in [0.05, 0.1) is 19.8 Å². The van der Waals surface area contributed by atoms with Crippen LogP contribution in [0.4, 0.5) is 0 Å². The zero-order chi connectivity index (χ0) is 13.9. The first-order chi connectivity index (χ1) is 9.72. The summed E-state index contributed by atoms with van der Waals surface area (Å²) in [5, 5.41) is 9.35. The molecule has 0 saturated heterocycles. The monoisotopic (exact) mass is 343 g/mol. The summed E-state index contributed by atoms with van der Waals surface area (Å²) in [5.41, 5.74) is 3.38. The highest BCUT2D eigenvalue weighted by atomic mass is 79.9. The molecule has 0 unspecified atom stereocenters. The molecule has 4 heteroatoms. The first-order valence-electron chi connectivity index (χ1n) is 6.54. The Kier molecular flexibility index (Phi) is 4.81. The molecule has 0 saturated carbocycles. The molecule has 3 rings (SSSR count). The van der Waals surface area contributed by atoms with Gasteiger partial charge in [0.2, 0.25) is 0 Å². The van der Waals surface area contributed by atoms with Crippen LogP contribution in [-0.4, -0.2) is 22.0 Å². The van der Waals surface area contributed by atoms with Gasteiger partial charge in [0, 0.05) is 5.56 Å². The van der Waals surface area contributed by atoms with Crippen molar-refractivity contribution in [1.29, 1.82) is 0 Å². The van der Waals surface area contributed by atoms with Crippen molar-refractivity contribution in [1.82, 2.24) is 9.80 Å². The fourth-order valence-electron chi connectivity index (χ4n) is 2.27. The minimum Gasteiger partial charge on any atom is -1.00 e. The fraction of sp³-hybridized carbons (Fsp3) is 0.118. The summed E-state index contributed by atoms with van der Waals surface area (Å²) in [6.07, 6.45) is 2.07. The van der Waals surface area contributed by atoms with Gasteiger partial charge in [-0.1, -0.05) is 30.3 Å². The second kappa shape index (κ2) is 6.59. The number of phenolic OH excluding ortho intramolecular Hbond substituents is 1. The molecule has 0 atom stereocenters. The quantitative estimate of drug-likeness (QED) is 0.803. The number of nitrogens with zero attached hydrogens (tertiary/aromatic N) is 2. The standard InChI is InChI=1S/C17H16N2O.BrH/c1-18-13-19(11-14-5-3-2-4-6-14)12-17(18)15-7-9-16(20)10-8-15;/h2-10,12,20H,11H2,1H3;1H/q+1;/p-1. The molecule has 0 bridgehead atoms. The summed E-state index contributed by atoms with van der Waals surface area (Å²) in [5.74, 6) is 0.282. The van der Waals surface area contributed by atoms with Crippen molar-refractivity contribution in [2.24, 2.45) is 0 Å². The van der Waals surface area contributed by atoms with Crippen molar-refractivity contribution in [2.75, 3.05) is 7.05 Å². The Balaban J connectivity index is 0.00000161. The Hall–Kier alpha value is -2.07. The van der Waals surface area contributed by atoms with E-state index in [1.807, 2.05) is 47.2 Å². The van der Waals surface area contributed by atoms with E-state index in [9.17, 15) is 5.11 Å². The largest absolute Gasteiger partial charge is 1.00 e. The minimum atomic E-state index is 0. The molecule has 1 heterocycles. The molecule has 21 heavy (non-hydrogen) atoms. The lowest BCUT2D eigenvalue weighted by molar-refractivity contribution is -0.00000505. The van der Waals surface area contributed by atoms with E-state index in [0.29, 0.717) is 0 Å². The third-order valence-corrected chi connectivity index (χ3v) is 3.28. The Bertz CT molecular complexity index is 610. The Morgan fingerprint density at radius 3 is 2.33 bits per heavy atom. The van der Waals surface area contributed by atoms with Gasteiger partial charge in [-0.05, 0) is 29.8 Å². The van der Waals surface area contributed by atoms with Crippen molar-refractivity contribution in [3.8, 4) is 5.75 Å². The van der Waals surface area contributed by atoms with Gasteiger partial charge in [0.15, 0.2) is 0 Å². The summed E-state index contributed by atoms with van der Waals surface area (Å²) < 4.78 is 0. The second-order valence-corrected chi connectivity index (χ2v) is 4.83.